The van der Waals surface area contributed by atoms with Gasteiger partial charge >= 0.3 is 12.0 Å². The average Bonchev–Trinajstić information content (AvgIpc) is 3.15. The molecule has 10 nitrogen and oxygen atoms in total. The van der Waals surface area contributed by atoms with Crippen molar-refractivity contribution in [1.29, 1.82) is 0 Å². The van der Waals surface area contributed by atoms with E-state index >= 15 is 0 Å². The number of rotatable bonds is 5. The largest absolute Gasteiger partial charge is 0.477 e. The number of carboxylic acids is 1. The number of carbonyl (C=O) groups is 3. The quantitative estimate of drug-likeness (QED) is 0.347. The number of urea groups is 1. The van der Waals surface area contributed by atoms with Gasteiger partial charge in [0.1, 0.15) is 5.82 Å². The number of aliphatic carboxylic acids is 1. The molecular weight excluding hydrogens is 400 g/mol. The zero-order chi connectivity index (χ0) is 22.1. The molecule has 3 amide bonds. The van der Waals surface area contributed by atoms with E-state index < -0.39 is 12.0 Å². The summed E-state index contributed by atoms with van der Waals surface area (Å²) in [6, 6.07) is 12.7. The van der Waals surface area contributed by atoms with Crippen molar-refractivity contribution in [1.82, 2.24) is 4.98 Å². The second-order valence-corrected chi connectivity index (χ2v) is 6.82. The van der Waals surface area contributed by atoms with Gasteiger partial charge in [-0.05, 0) is 47.9 Å². The highest BCUT2D eigenvalue weighted by atomic mass is 16.4. The molecule has 2 heterocycles. The molecule has 0 atom stereocenters. The third-order valence-electron chi connectivity index (χ3n) is 4.75. The van der Waals surface area contributed by atoms with E-state index in [1.165, 1.54) is 17.0 Å². The Morgan fingerprint density at radius 2 is 1.77 bits per heavy atom. The van der Waals surface area contributed by atoms with Gasteiger partial charge in [-0.1, -0.05) is 6.07 Å². The fourth-order valence-corrected chi connectivity index (χ4v) is 3.12. The van der Waals surface area contributed by atoms with E-state index in [9.17, 15) is 14.4 Å². The molecule has 1 aliphatic heterocycles. The number of hydrogen-bond donors (Lipinski definition) is 4. The van der Waals surface area contributed by atoms with Crippen LogP contribution in [0.25, 0.3) is 10.8 Å². The second kappa shape index (κ2) is 7.67. The molecule has 4 rings (SSSR count). The lowest BCUT2D eigenvalue weighted by Gasteiger charge is -2.14. The molecule has 10 heteroatoms. The summed E-state index contributed by atoms with van der Waals surface area (Å²) in [6.07, 6.45) is 1.61. The summed E-state index contributed by atoms with van der Waals surface area (Å²) < 4.78 is 0. The van der Waals surface area contributed by atoms with Crippen LogP contribution in [0.3, 0.4) is 0 Å². The Kier molecular flexibility index (Phi) is 4.88. The Balaban J connectivity index is 1.48. The summed E-state index contributed by atoms with van der Waals surface area (Å²) in [7, 11) is 0. The van der Waals surface area contributed by atoms with Crippen LogP contribution >= 0.6 is 0 Å². The Labute approximate surface area is 175 Å². The molecular formula is C21H17N6O4+. The van der Waals surface area contributed by atoms with Crippen LogP contribution in [0.2, 0.25) is 0 Å². The number of carbonyl (C=O) groups excluding carboxylic acids is 2. The van der Waals surface area contributed by atoms with E-state index in [1.807, 2.05) is 6.07 Å². The summed E-state index contributed by atoms with van der Waals surface area (Å²) >= 11 is 0. The summed E-state index contributed by atoms with van der Waals surface area (Å²) in [5.74, 6) is -1.04. The third kappa shape index (κ3) is 3.94. The number of hydrogen-bond acceptors (Lipinski definition) is 4. The van der Waals surface area contributed by atoms with Crippen molar-refractivity contribution in [2.45, 2.75) is 0 Å². The van der Waals surface area contributed by atoms with Crippen LogP contribution in [-0.2, 0) is 4.79 Å². The predicted octanol–water partition coefficient (Wildman–Crippen LogP) is 0.417. The lowest BCUT2D eigenvalue weighted by atomic mass is 10.1. The number of amidine groups is 1. The molecule has 0 unspecified atom stereocenters. The van der Waals surface area contributed by atoms with Gasteiger partial charge in [-0.3, -0.25) is 20.8 Å². The first kappa shape index (κ1) is 19.7. The highest BCUT2D eigenvalue weighted by Gasteiger charge is 2.28. The SMILES string of the molecule is NC(=[NH2+])c1ccc2cc(NC(=O)c3ccc(N4CC(C(=O)O)=NC4=O)cc3)ncc2c1. The number of fused-ring (bicyclic) bond motifs is 1. The molecule has 6 N–H and O–H groups in total. The van der Waals surface area contributed by atoms with E-state index in [0.717, 1.165) is 10.8 Å². The Morgan fingerprint density at radius 1 is 1.06 bits per heavy atom. The summed E-state index contributed by atoms with van der Waals surface area (Å²) in [4.78, 5) is 44.4. The minimum Gasteiger partial charge on any atom is -0.477 e. The van der Waals surface area contributed by atoms with Crippen molar-refractivity contribution in [2.24, 2.45) is 10.7 Å². The molecule has 1 aliphatic rings. The van der Waals surface area contributed by atoms with Gasteiger partial charge in [0.2, 0.25) is 0 Å². The van der Waals surface area contributed by atoms with Crippen LogP contribution in [0.15, 0.2) is 59.7 Å². The maximum Gasteiger partial charge on any atom is 0.352 e. The van der Waals surface area contributed by atoms with E-state index in [4.69, 9.17) is 16.2 Å². The maximum atomic E-state index is 12.6. The summed E-state index contributed by atoms with van der Waals surface area (Å²) in [6.45, 7) is -0.129. The summed E-state index contributed by atoms with van der Waals surface area (Å²) in [5.41, 5.74) is 6.86. The molecule has 0 saturated heterocycles. The Bertz CT molecular complexity index is 1280. The number of nitrogens with two attached hydrogens (primary N) is 2. The number of nitrogens with one attached hydrogen (secondary N) is 1. The van der Waals surface area contributed by atoms with Crippen LogP contribution < -0.4 is 21.4 Å². The van der Waals surface area contributed by atoms with Gasteiger partial charge in [0.05, 0.1) is 12.1 Å². The predicted molar refractivity (Wildman–Crippen MR) is 114 cm³/mol. The minimum absolute atomic E-state index is 0.129. The van der Waals surface area contributed by atoms with Gasteiger partial charge in [0, 0.05) is 22.8 Å². The number of carboxylic acid groups (broad SMARTS) is 1. The van der Waals surface area contributed by atoms with Gasteiger partial charge in [0.15, 0.2) is 5.71 Å². The van der Waals surface area contributed by atoms with Crippen LogP contribution in [0, 0.1) is 0 Å². The lowest BCUT2D eigenvalue weighted by Crippen LogP contribution is -2.46. The van der Waals surface area contributed by atoms with Crippen LogP contribution in [-0.4, -0.2) is 46.1 Å². The van der Waals surface area contributed by atoms with E-state index in [1.54, 1.807) is 36.5 Å². The summed E-state index contributed by atoms with van der Waals surface area (Å²) in [5, 5.41) is 19.0. The average molecular weight is 417 g/mol. The molecule has 0 radical (unpaired) electrons. The third-order valence-corrected chi connectivity index (χ3v) is 4.75. The molecule has 2 aromatic carbocycles. The van der Waals surface area contributed by atoms with Gasteiger partial charge in [-0.15, -0.1) is 0 Å². The number of aromatic nitrogens is 1. The zero-order valence-corrected chi connectivity index (χ0v) is 16.1. The number of anilines is 2. The monoisotopic (exact) mass is 417 g/mol. The zero-order valence-electron chi connectivity index (χ0n) is 16.1. The number of amides is 3. The van der Waals surface area contributed by atoms with Gasteiger partial charge in [-0.2, -0.15) is 4.99 Å². The first-order valence-electron chi connectivity index (χ1n) is 9.13. The topological polar surface area (TPSA) is 164 Å². The van der Waals surface area contributed by atoms with Gasteiger partial charge in [-0.25, -0.2) is 14.6 Å². The number of nitrogens with zero attached hydrogens (tertiary/aromatic N) is 3. The smallest absolute Gasteiger partial charge is 0.352 e. The van der Waals surface area contributed by atoms with E-state index in [0.29, 0.717) is 22.6 Å². The van der Waals surface area contributed by atoms with Crippen molar-refractivity contribution < 1.29 is 24.9 Å². The van der Waals surface area contributed by atoms with Gasteiger partial charge < -0.3 is 10.4 Å². The molecule has 0 fully saturated rings. The van der Waals surface area contributed by atoms with Crippen LogP contribution in [0.1, 0.15) is 15.9 Å². The number of benzene rings is 2. The second-order valence-electron chi connectivity index (χ2n) is 6.82. The normalized spacial score (nSPS) is 13.2. The number of pyridine rings is 1. The van der Waals surface area contributed by atoms with Crippen molar-refractivity contribution >= 4 is 51.7 Å². The lowest BCUT2D eigenvalue weighted by molar-refractivity contribution is -0.129. The molecule has 3 aromatic rings. The molecule has 0 saturated carbocycles. The molecule has 31 heavy (non-hydrogen) atoms. The van der Waals surface area contributed by atoms with Crippen molar-refractivity contribution in [3.8, 4) is 0 Å². The van der Waals surface area contributed by atoms with Crippen molar-refractivity contribution in [3.05, 3.63) is 65.9 Å². The fraction of sp³-hybridized carbons (Fsp3) is 0.0476. The molecule has 1 aromatic heterocycles. The molecule has 0 bridgehead atoms. The molecule has 0 aliphatic carbocycles. The first-order valence-corrected chi connectivity index (χ1v) is 9.13. The highest BCUT2D eigenvalue weighted by molar-refractivity contribution is 6.41. The van der Waals surface area contributed by atoms with E-state index in [2.05, 4.69) is 15.3 Å². The first-order chi connectivity index (χ1) is 14.8. The van der Waals surface area contributed by atoms with E-state index in [-0.39, 0.29) is 24.0 Å². The molecule has 154 valence electrons. The highest BCUT2D eigenvalue weighted by Crippen LogP contribution is 2.21. The number of aliphatic imine (C=N–C) groups is 1. The van der Waals surface area contributed by atoms with Crippen LogP contribution in [0.5, 0.6) is 0 Å². The standard InChI is InChI=1S/C21H16N6O4/c22-18(23)13-2-1-12-8-17(24-9-14(12)7-13)26-19(28)11-3-5-15(6-4-11)27-10-16(20(29)30)25-21(27)31/h1-9H,10H2,(H3,22,23)(H,29,30)(H,24,26,28)/p+1. The maximum absolute atomic E-state index is 12.6. The van der Waals surface area contributed by atoms with Crippen molar-refractivity contribution in [3.63, 3.8) is 0 Å². The van der Waals surface area contributed by atoms with Crippen LogP contribution in [0.4, 0.5) is 16.3 Å². The minimum atomic E-state index is -1.24. The Hall–Kier alpha value is -4.60. The Morgan fingerprint density at radius 3 is 2.42 bits per heavy atom. The molecule has 0 spiro atoms. The van der Waals surface area contributed by atoms with Gasteiger partial charge in [0.25, 0.3) is 11.7 Å². The fourth-order valence-electron chi connectivity index (χ4n) is 3.12. The van der Waals surface area contributed by atoms with Crippen molar-refractivity contribution in [2.75, 3.05) is 16.8 Å².